The van der Waals surface area contributed by atoms with Gasteiger partial charge in [0.25, 0.3) is 0 Å². The van der Waals surface area contributed by atoms with Gasteiger partial charge in [0.1, 0.15) is 22.3 Å². The predicted octanol–water partition coefficient (Wildman–Crippen LogP) is 22.4. The standard InChI is InChI=1S/C78H46O2/c1-2-21-48(22-3-1)72-57-28-8-9-29-58(57)73(51-44-49-23-5-7-26-53(49)68(46-51)65-37-17-36-64-55-27-14-15-40-70(55)79-77(64)65)63-43-42-50(45-69(63)72)54-34-19-41-71-76(54)67-39-18-38-66(78(67)80-71)75-61-32-12-10-30-59(61)74(60-31-11-13-33-62(60)75)56-35-16-24-47-20-4-6-25-52(47)56/h1-46H. The molecule has 0 saturated carbocycles. The third-order valence-electron chi connectivity index (χ3n) is 17.0. The molecule has 0 atom stereocenters. The van der Waals surface area contributed by atoms with Crippen molar-refractivity contribution < 1.29 is 8.83 Å². The second-order valence-corrected chi connectivity index (χ2v) is 21.3. The normalized spacial score (nSPS) is 12.0. The molecule has 0 spiro atoms. The predicted molar refractivity (Wildman–Crippen MR) is 339 cm³/mol. The van der Waals surface area contributed by atoms with Crippen LogP contribution in [0.5, 0.6) is 0 Å². The highest BCUT2D eigenvalue weighted by Gasteiger charge is 2.25. The summed E-state index contributed by atoms with van der Waals surface area (Å²) in [6.45, 7) is 0. The first-order valence-electron chi connectivity index (χ1n) is 27.6. The van der Waals surface area contributed by atoms with Crippen LogP contribution in [0.15, 0.2) is 288 Å². The van der Waals surface area contributed by atoms with Gasteiger partial charge in [-0.2, -0.15) is 0 Å². The first-order chi connectivity index (χ1) is 39.7. The van der Waals surface area contributed by atoms with E-state index in [1.807, 2.05) is 6.07 Å². The second kappa shape index (κ2) is 17.5. The van der Waals surface area contributed by atoms with Crippen LogP contribution in [0.4, 0.5) is 0 Å². The minimum absolute atomic E-state index is 0.858. The van der Waals surface area contributed by atoms with Crippen molar-refractivity contribution in [2.75, 3.05) is 0 Å². The third-order valence-corrected chi connectivity index (χ3v) is 17.0. The fourth-order valence-electron chi connectivity index (χ4n) is 13.6. The maximum absolute atomic E-state index is 7.21. The Morgan fingerprint density at radius 1 is 0.188 bits per heavy atom. The molecule has 17 rings (SSSR count). The molecule has 15 aromatic carbocycles. The molecule has 0 aliphatic rings. The van der Waals surface area contributed by atoms with E-state index in [0.29, 0.717) is 0 Å². The summed E-state index contributed by atoms with van der Waals surface area (Å²) in [4.78, 5) is 0. The van der Waals surface area contributed by atoms with E-state index in [9.17, 15) is 0 Å². The second-order valence-electron chi connectivity index (χ2n) is 21.3. The Hall–Kier alpha value is -10.5. The number of rotatable bonds is 6. The van der Waals surface area contributed by atoms with Gasteiger partial charge in [-0.25, -0.2) is 0 Å². The lowest BCUT2D eigenvalue weighted by atomic mass is 9.83. The van der Waals surface area contributed by atoms with Gasteiger partial charge >= 0.3 is 0 Å². The lowest BCUT2D eigenvalue weighted by Crippen LogP contribution is -1.93. The molecule has 80 heavy (non-hydrogen) atoms. The van der Waals surface area contributed by atoms with Crippen LogP contribution in [0, 0.1) is 0 Å². The molecule has 2 heterocycles. The van der Waals surface area contributed by atoms with E-state index >= 15 is 0 Å². The largest absolute Gasteiger partial charge is 0.455 e. The van der Waals surface area contributed by atoms with E-state index in [1.165, 1.54) is 98.0 Å². The lowest BCUT2D eigenvalue weighted by molar-refractivity contribution is 0.669. The summed E-state index contributed by atoms with van der Waals surface area (Å²) >= 11 is 0. The SMILES string of the molecule is c1ccc(-c2c3ccccc3c(-c3cc(-c4cccc5c4oc4ccccc45)c4ccccc4c3)c3ccc(-c4cccc5oc6c(-c7c8ccccc8c(-c8cccc9ccccc89)c8ccccc78)cccc6c45)cc23)cc1. The van der Waals surface area contributed by atoms with Crippen molar-refractivity contribution in [3.05, 3.63) is 279 Å². The molecule has 2 aromatic heterocycles. The van der Waals surface area contributed by atoms with E-state index < -0.39 is 0 Å². The van der Waals surface area contributed by atoms with Crippen LogP contribution in [-0.2, 0) is 0 Å². The van der Waals surface area contributed by atoms with Gasteiger partial charge in [-0.1, -0.05) is 249 Å². The summed E-state index contributed by atoms with van der Waals surface area (Å²) < 4.78 is 13.9. The number of furan rings is 2. The molecule has 0 amide bonds. The molecule has 0 radical (unpaired) electrons. The van der Waals surface area contributed by atoms with Crippen LogP contribution in [0.3, 0.4) is 0 Å². The summed E-state index contributed by atoms with van der Waals surface area (Å²) in [7, 11) is 0. The molecule has 0 aliphatic heterocycles. The molecule has 0 bridgehead atoms. The summed E-state index contributed by atoms with van der Waals surface area (Å²) in [5.74, 6) is 0. The fourth-order valence-corrected chi connectivity index (χ4v) is 13.6. The first-order valence-corrected chi connectivity index (χ1v) is 27.6. The zero-order valence-corrected chi connectivity index (χ0v) is 43.4. The average Bonchev–Trinajstić information content (AvgIpc) is 4.22. The maximum atomic E-state index is 7.21. The number of hydrogen-bond acceptors (Lipinski definition) is 2. The Morgan fingerprint density at radius 2 is 0.637 bits per heavy atom. The molecular weight excluding hydrogens is 969 g/mol. The molecule has 0 fully saturated rings. The van der Waals surface area contributed by atoms with Crippen LogP contribution in [-0.4, -0.2) is 0 Å². The molecule has 2 heteroatoms. The number of para-hydroxylation sites is 3. The van der Waals surface area contributed by atoms with Gasteiger partial charge in [-0.05, 0) is 145 Å². The molecule has 0 N–H and O–H groups in total. The highest BCUT2D eigenvalue weighted by atomic mass is 16.3. The van der Waals surface area contributed by atoms with E-state index in [2.05, 4.69) is 273 Å². The van der Waals surface area contributed by atoms with Crippen LogP contribution < -0.4 is 0 Å². The van der Waals surface area contributed by atoms with Crippen molar-refractivity contribution in [2.24, 2.45) is 0 Å². The molecule has 2 nitrogen and oxygen atoms in total. The highest BCUT2D eigenvalue weighted by molar-refractivity contribution is 6.28. The van der Waals surface area contributed by atoms with Gasteiger partial charge in [0, 0.05) is 38.2 Å². The number of fused-ring (bicyclic) bond motifs is 12. The van der Waals surface area contributed by atoms with Crippen molar-refractivity contribution in [2.45, 2.75) is 0 Å². The zero-order valence-electron chi connectivity index (χ0n) is 43.4. The Labute approximate surface area is 460 Å². The Kier molecular flexibility index (Phi) is 9.75. The van der Waals surface area contributed by atoms with Gasteiger partial charge in [0.2, 0.25) is 0 Å². The smallest absolute Gasteiger partial charge is 0.143 e. The van der Waals surface area contributed by atoms with Crippen LogP contribution in [0.25, 0.3) is 175 Å². The zero-order chi connectivity index (χ0) is 52.4. The van der Waals surface area contributed by atoms with E-state index in [0.717, 1.165) is 77.3 Å². The summed E-state index contributed by atoms with van der Waals surface area (Å²) in [5.41, 5.74) is 17.5. The third kappa shape index (κ3) is 6.60. The van der Waals surface area contributed by atoms with Crippen molar-refractivity contribution in [3.63, 3.8) is 0 Å². The molecule has 0 aliphatic carbocycles. The summed E-state index contributed by atoms with van der Waals surface area (Å²) in [6.07, 6.45) is 0. The first kappa shape index (κ1) is 44.6. The van der Waals surface area contributed by atoms with Gasteiger partial charge < -0.3 is 8.83 Å². The van der Waals surface area contributed by atoms with Gasteiger partial charge in [-0.15, -0.1) is 0 Å². The number of benzene rings is 15. The highest BCUT2D eigenvalue weighted by Crippen LogP contribution is 2.51. The molecule has 0 unspecified atom stereocenters. The van der Waals surface area contributed by atoms with Gasteiger partial charge in [-0.3, -0.25) is 0 Å². The van der Waals surface area contributed by atoms with Crippen molar-refractivity contribution in [1.29, 1.82) is 0 Å². The quantitative estimate of drug-likeness (QED) is 0.155. The monoisotopic (exact) mass is 1010 g/mol. The van der Waals surface area contributed by atoms with Crippen LogP contribution >= 0.6 is 0 Å². The van der Waals surface area contributed by atoms with Gasteiger partial charge in [0.15, 0.2) is 0 Å². The van der Waals surface area contributed by atoms with Crippen LogP contribution in [0.1, 0.15) is 0 Å². The van der Waals surface area contributed by atoms with Crippen molar-refractivity contribution >= 4 is 109 Å². The molecular formula is C78H46O2. The Balaban J connectivity index is 0.903. The summed E-state index contributed by atoms with van der Waals surface area (Å²) in [5, 5.41) is 18.9. The Bertz CT molecular complexity index is 5360. The van der Waals surface area contributed by atoms with Crippen molar-refractivity contribution in [1.82, 2.24) is 0 Å². The molecule has 0 saturated heterocycles. The van der Waals surface area contributed by atoms with E-state index in [4.69, 9.17) is 8.83 Å². The van der Waals surface area contributed by atoms with E-state index in [1.54, 1.807) is 0 Å². The fraction of sp³-hybridized carbons (Fsp3) is 0. The average molecular weight is 1020 g/mol. The minimum Gasteiger partial charge on any atom is -0.455 e. The van der Waals surface area contributed by atoms with Gasteiger partial charge in [0.05, 0.1) is 0 Å². The maximum Gasteiger partial charge on any atom is 0.143 e. The minimum atomic E-state index is 0.858. The lowest BCUT2D eigenvalue weighted by Gasteiger charge is -2.20. The number of hydrogen-bond donors (Lipinski definition) is 0. The molecule has 17 aromatic rings. The summed E-state index contributed by atoms with van der Waals surface area (Å²) in [6, 6.07) is 102. The molecule has 370 valence electrons. The Morgan fingerprint density at radius 3 is 1.36 bits per heavy atom. The topological polar surface area (TPSA) is 26.3 Å². The van der Waals surface area contributed by atoms with E-state index in [-0.39, 0.29) is 0 Å². The van der Waals surface area contributed by atoms with Crippen molar-refractivity contribution in [3.8, 4) is 66.8 Å². The van der Waals surface area contributed by atoms with Crippen LogP contribution in [0.2, 0.25) is 0 Å².